The second kappa shape index (κ2) is 7.28. The van der Waals surface area contributed by atoms with E-state index in [1.165, 1.54) is 6.07 Å². The van der Waals surface area contributed by atoms with E-state index in [1.54, 1.807) is 12.1 Å². The standard InChI is InChI=1S/C17H16N4O5/c22-17(14-4-2-1-3-13(14)11-7-8-18-10-11)19-12-5-6-15(20(23)24)16(9-12)21(25)26/h1-6,9,11,18H,7-8,10H2,(H,19,22). The number of amides is 1. The van der Waals surface area contributed by atoms with Gasteiger partial charge in [-0.1, -0.05) is 18.2 Å². The van der Waals surface area contributed by atoms with Gasteiger partial charge < -0.3 is 10.6 Å². The summed E-state index contributed by atoms with van der Waals surface area (Å²) in [5, 5.41) is 27.8. The molecular weight excluding hydrogens is 340 g/mol. The molecule has 1 fully saturated rings. The lowest BCUT2D eigenvalue weighted by molar-refractivity contribution is -0.422. The van der Waals surface area contributed by atoms with Crippen LogP contribution in [-0.2, 0) is 0 Å². The minimum absolute atomic E-state index is 0.131. The average Bonchev–Trinajstić information content (AvgIpc) is 3.16. The molecule has 1 amide bonds. The highest BCUT2D eigenvalue weighted by molar-refractivity contribution is 6.05. The highest BCUT2D eigenvalue weighted by atomic mass is 16.6. The summed E-state index contributed by atoms with van der Waals surface area (Å²) in [5.41, 5.74) is 0.242. The highest BCUT2D eigenvalue weighted by Gasteiger charge is 2.26. The van der Waals surface area contributed by atoms with Crippen LogP contribution in [0, 0.1) is 20.2 Å². The average molecular weight is 356 g/mol. The molecule has 3 rings (SSSR count). The second-order valence-corrected chi connectivity index (χ2v) is 5.95. The van der Waals surface area contributed by atoms with Crippen LogP contribution in [0.15, 0.2) is 42.5 Å². The number of nitro benzene ring substituents is 2. The van der Waals surface area contributed by atoms with Crippen molar-refractivity contribution < 1.29 is 14.6 Å². The van der Waals surface area contributed by atoms with E-state index < -0.39 is 27.1 Å². The van der Waals surface area contributed by atoms with Gasteiger partial charge in [-0.2, -0.15) is 0 Å². The summed E-state index contributed by atoms with van der Waals surface area (Å²) >= 11 is 0. The normalized spacial score (nSPS) is 16.2. The molecular formula is C17H16N4O5. The first kappa shape index (κ1) is 17.5. The van der Waals surface area contributed by atoms with Crippen molar-refractivity contribution in [1.29, 1.82) is 0 Å². The van der Waals surface area contributed by atoms with Crippen LogP contribution in [0.25, 0.3) is 0 Å². The molecule has 1 atom stereocenters. The zero-order valence-electron chi connectivity index (χ0n) is 13.7. The molecule has 1 aliphatic heterocycles. The molecule has 0 radical (unpaired) electrons. The van der Waals surface area contributed by atoms with Gasteiger partial charge in [0.2, 0.25) is 0 Å². The van der Waals surface area contributed by atoms with Crippen molar-refractivity contribution in [1.82, 2.24) is 5.32 Å². The lowest BCUT2D eigenvalue weighted by Gasteiger charge is -2.14. The van der Waals surface area contributed by atoms with E-state index in [0.717, 1.165) is 37.2 Å². The van der Waals surface area contributed by atoms with Gasteiger partial charge in [-0.25, -0.2) is 0 Å². The molecule has 2 N–H and O–H groups in total. The Bertz CT molecular complexity index is 877. The zero-order valence-corrected chi connectivity index (χ0v) is 13.7. The summed E-state index contributed by atoms with van der Waals surface area (Å²) in [4.78, 5) is 32.9. The van der Waals surface area contributed by atoms with Crippen LogP contribution in [0.4, 0.5) is 17.1 Å². The second-order valence-electron chi connectivity index (χ2n) is 5.95. The van der Waals surface area contributed by atoms with Crippen LogP contribution in [-0.4, -0.2) is 28.8 Å². The fourth-order valence-electron chi connectivity index (χ4n) is 3.08. The van der Waals surface area contributed by atoms with Gasteiger partial charge in [-0.3, -0.25) is 25.0 Å². The van der Waals surface area contributed by atoms with Crippen molar-refractivity contribution in [2.24, 2.45) is 0 Å². The number of nitrogens with zero attached hydrogens (tertiary/aromatic N) is 2. The summed E-state index contributed by atoms with van der Waals surface area (Å²) in [6, 6.07) is 10.5. The number of benzene rings is 2. The van der Waals surface area contributed by atoms with E-state index in [1.807, 2.05) is 12.1 Å². The van der Waals surface area contributed by atoms with E-state index in [4.69, 9.17) is 0 Å². The topological polar surface area (TPSA) is 127 Å². The van der Waals surface area contributed by atoms with E-state index in [9.17, 15) is 25.0 Å². The fraction of sp³-hybridized carbons (Fsp3) is 0.235. The third-order valence-electron chi connectivity index (χ3n) is 4.33. The third-order valence-corrected chi connectivity index (χ3v) is 4.33. The van der Waals surface area contributed by atoms with Crippen molar-refractivity contribution in [2.45, 2.75) is 12.3 Å². The minimum Gasteiger partial charge on any atom is -0.322 e. The zero-order chi connectivity index (χ0) is 18.7. The summed E-state index contributed by atoms with van der Waals surface area (Å²) in [6.07, 6.45) is 0.924. The van der Waals surface area contributed by atoms with Gasteiger partial charge in [0.25, 0.3) is 5.91 Å². The Morgan fingerprint density at radius 3 is 2.46 bits per heavy atom. The molecule has 1 aliphatic rings. The minimum atomic E-state index is -0.841. The smallest absolute Gasteiger partial charge is 0.322 e. The quantitative estimate of drug-likeness (QED) is 0.626. The van der Waals surface area contributed by atoms with Crippen LogP contribution >= 0.6 is 0 Å². The predicted molar refractivity (Wildman–Crippen MR) is 94.4 cm³/mol. The summed E-state index contributed by atoms with van der Waals surface area (Å²) in [5.74, 6) is -0.182. The summed E-state index contributed by atoms with van der Waals surface area (Å²) in [6.45, 7) is 1.67. The lowest BCUT2D eigenvalue weighted by atomic mass is 9.93. The molecule has 1 unspecified atom stereocenters. The number of nitro groups is 2. The van der Waals surface area contributed by atoms with Crippen molar-refractivity contribution in [3.05, 3.63) is 73.8 Å². The Balaban J connectivity index is 1.88. The van der Waals surface area contributed by atoms with Gasteiger partial charge in [0.1, 0.15) is 0 Å². The van der Waals surface area contributed by atoms with E-state index >= 15 is 0 Å². The number of carbonyl (C=O) groups excluding carboxylic acids is 1. The molecule has 9 nitrogen and oxygen atoms in total. The number of hydrogen-bond acceptors (Lipinski definition) is 6. The van der Waals surface area contributed by atoms with Crippen molar-refractivity contribution in [2.75, 3.05) is 18.4 Å². The van der Waals surface area contributed by atoms with Gasteiger partial charge in [0.15, 0.2) is 0 Å². The van der Waals surface area contributed by atoms with Gasteiger partial charge in [-0.15, -0.1) is 0 Å². The third kappa shape index (κ3) is 3.52. The molecule has 2 aromatic carbocycles. The van der Waals surface area contributed by atoms with E-state index in [2.05, 4.69) is 10.6 Å². The van der Waals surface area contributed by atoms with Crippen molar-refractivity contribution in [3.8, 4) is 0 Å². The van der Waals surface area contributed by atoms with E-state index in [-0.39, 0.29) is 11.6 Å². The lowest BCUT2D eigenvalue weighted by Crippen LogP contribution is -2.17. The highest BCUT2D eigenvalue weighted by Crippen LogP contribution is 2.30. The number of nitrogens with one attached hydrogen (secondary N) is 2. The Labute approximate surface area is 148 Å². The number of anilines is 1. The van der Waals surface area contributed by atoms with Crippen LogP contribution in [0.3, 0.4) is 0 Å². The van der Waals surface area contributed by atoms with Crippen LogP contribution in [0.5, 0.6) is 0 Å². The van der Waals surface area contributed by atoms with Gasteiger partial charge >= 0.3 is 11.4 Å². The van der Waals surface area contributed by atoms with Gasteiger partial charge in [0, 0.05) is 29.9 Å². The molecule has 0 bridgehead atoms. The fourth-order valence-corrected chi connectivity index (χ4v) is 3.08. The van der Waals surface area contributed by atoms with Crippen molar-refractivity contribution in [3.63, 3.8) is 0 Å². The monoisotopic (exact) mass is 356 g/mol. The maximum absolute atomic E-state index is 12.7. The molecule has 0 aromatic heterocycles. The molecule has 2 aromatic rings. The Morgan fingerprint density at radius 1 is 1.08 bits per heavy atom. The van der Waals surface area contributed by atoms with Crippen LogP contribution in [0.2, 0.25) is 0 Å². The first-order chi connectivity index (χ1) is 12.5. The predicted octanol–water partition coefficient (Wildman–Crippen LogP) is 2.83. The maximum Gasteiger partial charge on any atom is 0.348 e. The Hall–Kier alpha value is -3.33. The van der Waals surface area contributed by atoms with Crippen LogP contribution in [0.1, 0.15) is 28.3 Å². The Morgan fingerprint density at radius 2 is 1.81 bits per heavy atom. The molecule has 9 heteroatoms. The summed E-state index contributed by atoms with van der Waals surface area (Å²) in [7, 11) is 0. The molecule has 0 saturated carbocycles. The number of carbonyl (C=O) groups is 1. The molecule has 1 heterocycles. The Kier molecular flexibility index (Phi) is 4.90. The van der Waals surface area contributed by atoms with Gasteiger partial charge in [-0.05, 0) is 36.6 Å². The van der Waals surface area contributed by atoms with Crippen molar-refractivity contribution >= 4 is 23.0 Å². The van der Waals surface area contributed by atoms with E-state index in [0.29, 0.717) is 5.56 Å². The van der Waals surface area contributed by atoms with Crippen LogP contribution < -0.4 is 10.6 Å². The number of rotatable bonds is 5. The molecule has 1 saturated heterocycles. The SMILES string of the molecule is O=C(Nc1ccc([N+](=O)[O-])c([N+](=O)[O-])c1)c1ccccc1C1CCNC1. The summed E-state index contributed by atoms with van der Waals surface area (Å²) < 4.78 is 0. The molecule has 0 spiro atoms. The van der Waals surface area contributed by atoms with Gasteiger partial charge in [0.05, 0.1) is 9.85 Å². The largest absolute Gasteiger partial charge is 0.348 e. The molecule has 0 aliphatic carbocycles. The first-order valence-corrected chi connectivity index (χ1v) is 8.01. The number of hydrogen-bond donors (Lipinski definition) is 2. The molecule has 134 valence electrons. The maximum atomic E-state index is 12.7. The first-order valence-electron chi connectivity index (χ1n) is 8.01. The molecule has 26 heavy (non-hydrogen) atoms.